The molecule has 0 aliphatic carbocycles. The third-order valence-corrected chi connectivity index (χ3v) is 6.02. The van der Waals surface area contributed by atoms with Crippen molar-refractivity contribution >= 4 is 16.1 Å². The number of rotatable bonds is 7. The fraction of sp³-hybridized carbons (Fsp3) is 0.632. The van der Waals surface area contributed by atoms with Gasteiger partial charge in [0, 0.05) is 0 Å². The van der Waals surface area contributed by atoms with Crippen LogP contribution in [0.2, 0.25) is 0 Å². The molecule has 0 spiro atoms. The standard InChI is InChI=1S/C19H27F6N3O3S/c1-6-14(18(20,21)22)28(15(7-2)19(23,24)25)16(29)26-27-32(30,31)13-10-8-12(9-11-13)17(3,4)5/h8-11,14-15,27H,6-7H2,1-5H3,(H,26,29). The Morgan fingerprint density at radius 1 is 0.906 bits per heavy atom. The molecule has 0 saturated carbocycles. The molecule has 13 heteroatoms. The summed E-state index contributed by atoms with van der Waals surface area (Å²) in [6.45, 7) is 7.61. The van der Waals surface area contributed by atoms with Crippen LogP contribution in [-0.4, -0.2) is 43.8 Å². The van der Waals surface area contributed by atoms with Crippen molar-refractivity contribution in [1.29, 1.82) is 0 Å². The molecule has 0 heterocycles. The number of amides is 2. The molecule has 0 fully saturated rings. The van der Waals surface area contributed by atoms with Gasteiger partial charge in [-0.15, -0.1) is 4.83 Å². The molecular formula is C19H27F6N3O3S. The number of urea groups is 1. The maximum atomic E-state index is 13.4. The number of halogens is 6. The quantitative estimate of drug-likeness (QED) is 0.422. The zero-order valence-corrected chi connectivity index (χ0v) is 19.0. The summed E-state index contributed by atoms with van der Waals surface area (Å²) in [5, 5.41) is 0. The number of nitrogens with one attached hydrogen (secondary N) is 2. The van der Waals surface area contributed by atoms with E-state index in [4.69, 9.17) is 0 Å². The van der Waals surface area contributed by atoms with Crippen molar-refractivity contribution < 1.29 is 39.6 Å². The Morgan fingerprint density at radius 3 is 1.62 bits per heavy atom. The lowest BCUT2D eigenvalue weighted by Crippen LogP contribution is -2.62. The van der Waals surface area contributed by atoms with E-state index in [0.29, 0.717) is 0 Å². The first-order valence-electron chi connectivity index (χ1n) is 9.70. The Bertz CT molecular complexity index is 856. The van der Waals surface area contributed by atoms with Crippen LogP contribution in [0.15, 0.2) is 29.2 Å². The van der Waals surface area contributed by atoms with Crippen molar-refractivity contribution in [2.75, 3.05) is 0 Å². The minimum Gasteiger partial charge on any atom is -0.299 e. The highest BCUT2D eigenvalue weighted by molar-refractivity contribution is 7.89. The van der Waals surface area contributed by atoms with Crippen LogP contribution in [0.1, 0.15) is 53.0 Å². The van der Waals surface area contributed by atoms with Crippen molar-refractivity contribution in [1.82, 2.24) is 15.2 Å². The number of alkyl halides is 6. The summed E-state index contributed by atoms with van der Waals surface area (Å²) in [6.07, 6.45) is -12.0. The molecule has 2 amide bonds. The van der Waals surface area contributed by atoms with Gasteiger partial charge in [-0.2, -0.15) is 26.3 Å². The van der Waals surface area contributed by atoms with Gasteiger partial charge >= 0.3 is 18.4 Å². The average molecular weight is 491 g/mol. The van der Waals surface area contributed by atoms with Gasteiger partial charge in [0.05, 0.1) is 4.90 Å². The van der Waals surface area contributed by atoms with Gasteiger partial charge in [0.1, 0.15) is 12.1 Å². The van der Waals surface area contributed by atoms with E-state index < -0.39 is 58.2 Å². The van der Waals surface area contributed by atoms with Gasteiger partial charge in [0.15, 0.2) is 0 Å². The molecule has 2 N–H and O–H groups in total. The van der Waals surface area contributed by atoms with E-state index in [-0.39, 0.29) is 10.3 Å². The Hall–Kier alpha value is -2.02. The first kappa shape index (κ1) is 28.0. The van der Waals surface area contributed by atoms with Crippen molar-refractivity contribution in [3.05, 3.63) is 29.8 Å². The minimum atomic E-state index is -5.16. The van der Waals surface area contributed by atoms with Gasteiger partial charge in [-0.25, -0.2) is 13.2 Å². The van der Waals surface area contributed by atoms with Gasteiger partial charge < -0.3 is 0 Å². The summed E-state index contributed by atoms with van der Waals surface area (Å²) in [7, 11) is -4.46. The predicted molar refractivity (Wildman–Crippen MR) is 106 cm³/mol. The number of carbonyl (C=O) groups excluding carboxylic acids is 1. The van der Waals surface area contributed by atoms with Gasteiger partial charge in [-0.3, -0.25) is 10.3 Å². The highest BCUT2D eigenvalue weighted by atomic mass is 32.2. The van der Waals surface area contributed by atoms with E-state index in [1.54, 1.807) is 4.83 Å². The molecule has 0 aliphatic heterocycles. The minimum absolute atomic E-state index is 0.288. The SMILES string of the molecule is CCC(N(C(=O)NNS(=O)(=O)c1ccc(C(C)(C)C)cc1)C(CC)C(F)(F)F)C(F)(F)F. The number of hydrogen-bond acceptors (Lipinski definition) is 3. The summed E-state index contributed by atoms with van der Waals surface area (Å²) in [5.41, 5.74) is 1.99. The van der Waals surface area contributed by atoms with Gasteiger partial charge in [-0.05, 0) is 36.0 Å². The second kappa shape index (κ2) is 9.86. The maximum absolute atomic E-state index is 13.4. The van der Waals surface area contributed by atoms with Crippen LogP contribution in [0.25, 0.3) is 0 Å². The van der Waals surface area contributed by atoms with Gasteiger partial charge in [0.25, 0.3) is 10.0 Å². The molecule has 1 aromatic carbocycles. The van der Waals surface area contributed by atoms with E-state index in [9.17, 15) is 39.6 Å². The smallest absolute Gasteiger partial charge is 0.299 e. The zero-order chi connectivity index (χ0) is 25.1. The summed E-state index contributed by atoms with van der Waals surface area (Å²) in [5.74, 6) is 0. The molecule has 0 bridgehead atoms. The van der Waals surface area contributed by atoms with Crippen LogP contribution in [0.4, 0.5) is 31.1 Å². The Kier molecular flexibility index (Phi) is 8.63. The lowest BCUT2D eigenvalue weighted by Gasteiger charge is -2.38. The topological polar surface area (TPSA) is 78.5 Å². The number of nitrogens with zero attached hydrogens (tertiary/aromatic N) is 1. The maximum Gasteiger partial charge on any atom is 0.408 e. The van der Waals surface area contributed by atoms with E-state index in [0.717, 1.165) is 19.4 Å². The molecule has 1 rings (SSSR count). The fourth-order valence-corrected chi connectivity index (χ4v) is 3.87. The number of benzene rings is 1. The number of hydrazine groups is 1. The fourth-order valence-electron chi connectivity index (χ4n) is 3.04. The highest BCUT2D eigenvalue weighted by Gasteiger charge is 2.53. The van der Waals surface area contributed by atoms with Gasteiger partial charge in [0.2, 0.25) is 0 Å². The molecule has 1 aromatic rings. The predicted octanol–water partition coefficient (Wildman–Crippen LogP) is 4.87. The molecular weight excluding hydrogens is 464 g/mol. The normalized spacial score (nSPS) is 15.2. The van der Waals surface area contributed by atoms with Crippen LogP contribution in [-0.2, 0) is 15.4 Å². The van der Waals surface area contributed by atoms with E-state index in [1.165, 1.54) is 29.7 Å². The third kappa shape index (κ3) is 6.99. The molecule has 0 aliphatic rings. The summed E-state index contributed by atoms with van der Waals surface area (Å²) < 4.78 is 105. The van der Waals surface area contributed by atoms with Crippen LogP contribution in [0.5, 0.6) is 0 Å². The summed E-state index contributed by atoms with van der Waals surface area (Å²) in [6, 6.07) is -1.97. The molecule has 184 valence electrons. The molecule has 0 radical (unpaired) electrons. The second-order valence-corrected chi connectivity index (χ2v) is 9.83. The molecule has 0 aromatic heterocycles. The summed E-state index contributed by atoms with van der Waals surface area (Å²) >= 11 is 0. The third-order valence-electron chi connectivity index (χ3n) is 4.76. The highest BCUT2D eigenvalue weighted by Crippen LogP contribution is 2.35. The molecule has 2 atom stereocenters. The second-order valence-electron chi connectivity index (χ2n) is 8.15. The van der Waals surface area contributed by atoms with Gasteiger partial charge in [-0.1, -0.05) is 46.8 Å². The van der Waals surface area contributed by atoms with Crippen molar-refractivity contribution in [2.24, 2.45) is 0 Å². The van der Waals surface area contributed by atoms with Crippen molar-refractivity contribution in [3.63, 3.8) is 0 Å². The molecule has 6 nitrogen and oxygen atoms in total. The number of sulfonamides is 1. The van der Waals surface area contributed by atoms with Crippen molar-refractivity contribution in [2.45, 2.75) is 82.2 Å². The van der Waals surface area contributed by atoms with E-state index >= 15 is 0 Å². The van der Waals surface area contributed by atoms with Crippen molar-refractivity contribution in [3.8, 4) is 0 Å². The van der Waals surface area contributed by atoms with Crippen LogP contribution >= 0.6 is 0 Å². The number of hydrogen-bond donors (Lipinski definition) is 2. The zero-order valence-electron chi connectivity index (χ0n) is 18.2. The molecule has 32 heavy (non-hydrogen) atoms. The monoisotopic (exact) mass is 491 g/mol. The van der Waals surface area contributed by atoms with E-state index in [2.05, 4.69) is 0 Å². The number of carbonyl (C=O) groups is 1. The van der Waals surface area contributed by atoms with Crippen LogP contribution in [0.3, 0.4) is 0 Å². The Balaban J connectivity index is 3.19. The van der Waals surface area contributed by atoms with Crippen LogP contribution in [0, 0.1) is 0 Å². The first-order valence-corrected chi connectivity index (χ1v) is 11.2. The van der Waals surface area contributed by atoms with E-state index in [1.807, 2.05) is 20.8 Å². The van der Waals surface area contributed by atoms with Crippen LogP contribution < -0.4 is 10.3 Å². The summed E-state index contributed by atoms with van der Waals surface area (Å²) in [4.78, 5) is 13.2. The average Bonchev–Trinajstić information content (AvgIpc) is 2.63. The Labute approximate surface area is 183 Å². The molecule has 0 saturated heterocycles. The largest absolute Gasteiger partial charge is 0.408 e. The first-order chi connectivity index (χ1) is 14.4. The lowest BCUT2D eigenvalue weighted by molar-refractivity contribution is -0.222. The lowest BCUT2D eigenvalue weighted by atomic mass is 9.87. The Morgan fingerprint density at radius 2 is 1.31 bits per heavy atom. The molecule has 2 unspecified atom stereocenters.